The summed E-state index contributed by atoms with van der Waals surface area (Å²) in [5.41, 5.74) is 0. The van der Waals surface area contributed by atoms with Crippen LogP contribution in [0.4, 0.5) is 0 Å². The molecular formula is O15V2Zr5. The Morgan fingerprint density at radius 2 is 0.318 bits per heavy atom. The molecule has 120 valence electrons. The third-order valence-corrected chi connectivity index (χ3v) is 0. The van der Waals surface area contributed by atoms with Crippen LogP contribution in [0.25, 0.3) is 0 Å². The van der Waals surface area contributed by atoms with Gasteiger partial charge in [-0.25, -0.2) is 0 Å². The minimum atomic E-state index is -4.29. The Balaban J connectivity index is -0.0000000250. The van der Waals surface area contributed by atoms with Crippen LogP contribution in [0, 0.1) is 0 Å². The molecule has 0 aromatic rings. The molecule has 22 heavy (non-hydrogen) atoms. The monoisotopic (exact) mass is 791 g/mol. The molecule has 0 spiro atoms. The maximum absolute atomic E-state index is 8.61. The Bertz CT molecular complexity index is 211. The van der Waals surface area contributed by atoms with Gasteiger partial charge >= 0.3 is 196 Å². The summed E-state index contributed by atoms with van der Waals surface area (Å²) in [6.07, 6.45) is 0. The Morgan fingerprint density at radius 1 is 0.318 bits per heavy atom. The predicted octanol–water partition coefficient (Wildman–Crippen LogP) is -12.5. The van der Waals surface area contributed by atoms with Crippen molar-refractivity contribution in [3.63, 3.8) is 0 Å². The van der Waals surface area contributed by atoms with Gasteiger partial charge in [-0.15, -0.1) is 0 Å². The van der Waals surface area contributed by atoms with Gasteiger partial charge < -0.3 is 0 Å². The van der Waals surface area contributed by atoms with Crippen LogP contribution in [0.15, 0.2) is 0 Å². The molecule has 0 saturated carbocycles. The van der Waals surface area contributed by atoms with E-state index in [1.165, 1.54) is 0 Å². The minimum absolute atomic E-state index is 0. The van der Waals surface area contributed by atoms with E-state index < -0.39 is 113 Å². The summed E-state index contributed by atoms with van der Waals surface area (Å²) < 4.78 is 129. The van der Waals surface area contributed by atoms with Crippen molar-refractivity contribution in [3.8, 4) is 0 Å². The molecule has 0 aliphatic rings. The van der Waals surface area contributed by atoms with Crippen LogP contribution in [0.2, 0.25) is 0 Å². The zero-order chi connectivity index (χ0) is 17.9. The standard InChI is InChI=1S/15O.2V.5Zr/q;;;;;10*-1;2*+5;;;;;. The molecule has 0 aliphatic heterocycles. The van der Waals surface area contributed by atoms with Crippen molar-refractivity contribution in [2.24, 2.45) is 0 Å². The molecule has 0 N–H and O–H groups in total. The van der Waals surface area contributed by atoms with Crippen LogP contribution in [0.1, 0.15) is 0 Å². The van der Waals surface area contributed by atoms with E-state index >= 15 is 0 Å². The predicted molar refractivity (Wildman–Crippen MR) is 3.43 cm³/mol. The minimum Gasteiger partial charge on any atom is 5.00 e. The van der Waals surface area contributed by atoms with Crippen molar-refractivity contribution in [2.75, 3.05) is 0 Å². The van der Waals surface area contributed by atoms with Crippen LogP contribution < -0.4 is 31.8 Å². The van der Waals surface area contributed by atoms with Crippen molar-refractivity contribution in [1.82, 2.24) is 0 Å². The van der Waals surface area contributed by atoms with Gasteiger partial charge in [-0.3, -0.25) is 0 Å². The second kappa shape index (κ2) is 40.0. The SMILES string of the molecule is [O]=[Zr]([O-])[O-].[O]=[Zr]([O-])[O-].[O]=[Zr]([O-])[O-].[O]=[Zr]([O-])[O-].[O]=[Zr]([O-])[O-].[V+5].[V+5]. The summed E-state index contributed by atoms with van der Waals surface area (Å²) in [6.45, 7) is 0. The maximum Gasteiger partial charge on any atom is 5.00 e. The molecule has 0 bridgehead atoms. The molecule has 15 nitrogen and oxygen atoms in total. The summed E-state index contributed by atoms with van der Waals surface area (Å²) in [5.74, 6) is 0. The Morgan fingerprint density at radius 3 is 0.318 bits per heavy atom. The van der Waals surface area contributed by atoms with Crippen LogP contribution in [-0.2, 0) is 164 Å². The largest absolute Gasteiger partial charge is 5.00 e. The first-order valence-corrected chi connectivity index (χ1v) is 18.1. The quantitative estimate of drug-likeness (QED) is 0.220. The van der Waals surface area contributed by atoms with Gasteiger partial charge in [0.2, 0.25) is 0 Å². The summed E-state index contributed by atoms with van der Waals surface area (Å²) in [5, 5.41) is 0. The summed E-state index contributed by atoms with van der Waals surface area (Å²) in [6, 6.07) is 0. The molecule has 22 heteroatoms. The Kier molecular flexibility index (Phi) is 82.1. The molecule has 0 heterocycles. The second-order valence-electron chi connectivity index (χ2n) is 1.25. The van der Waals surface area contributed by atoms with Crippen molar-refractivity contribution in [3.05, 3.63) is 0 Å². The average molecular weight is 798 g/mol. The third kappa shape index (κ3) is 742. The molecule has 0 unspecified atom stereocenters. The molecule has 0 atom stereocenters. The first-order valence-electron chi connectivity index (χ1n) is 3.06. The van der Waals surface area contributed by atoms with Gasteiger partial charge in [-0.05, 0) is 0 Å². The van der Waals surface area contributed by atoms with Gasteiger partial charge in [-0.2, -0.15) is 0 Å². The molecule has 0 fully saturated rings. The van der Waals surface area contributed by atoms with E-state index in [9.17, 15) is 0 Å². The molecule has 0 amide bonds. The van der Waals surface area contributed by atoms with Gasteiger partial charge in [0.15, 0.2) is 0 Å². The molecular weight excluding hydrogens is 798 g/mol. The summed E-state index contributed by atoms with van der Waals surface area (Å²) in [7, 11) is 0. The van der Waals surface area contributed by atoms with Gasteiger partial charge in [-0.1, -0.05) is 0 Å². The van der Waals surface area contributed by atoms with Gasteiger partial charge in [0.1, 0.15) is 0 Å². The summed E-state index contributed by atoms with van der Waals surface area (Å²) >= 11 is -21.5. The van der Waals surface area contributed by atoms with Crippen LogP contribution in [0.3, 0.4) is 0 Å². The molecule has 0 rings (SSSR count). The van der Waals surface area contributed by atoms with Gasteiger partial charge in [0.05, 0.1) is 0 Å². The Labute approximate surface area is 192 Å². The molecule has 0 radical (unpaired) electrons. The topological polar surface area (TPSA) is 316 Å². The van der Waals surface area contributed by atoms with E-state index in [0.29, 0.717) is 0 Å². The van der Waals surface area contributed by atoms with E-state index in [1.54, 1.807) is 0 Å². The smallest absolute Gasteiger partial charge is 5.00 e. The number of hydrogen-bond acceptors (Lipinski definition) is 15. The van der Waals surface area contributed by atoms with Crippen LogP contribution in [-0.4, -0.2) is 0 Å². The zero-order valence-electron chi connectivity index (χ0n) is 9.52. The van der Waals surface area contributed by atoms with Gasteiger partial charge in [0, 0.05) is 0 Å². The molecule has 0 aromatic heterocycles. The van der Waals surface area contributed by atoms with Gasteiger partial charge in [0.25, 0.3) is 0 Å². The van der Waals surface area contributed by atoms with E-state index in [4.69, 9.17) is 45.9 Å². The normalized spacial score (nSPS) is 5.91. The zero-order valence-corrected chi connectivity index (χ0v) is 24.6. The van der Waals surface area contributed by atoms with Crippen molar-refractivity contribution in [2.45, 2.75) is 0 Å². The van der Waals surface area contributed by atoms with Crippen LogP contribution >= 0.6 is 0 Å². The molecule has 0 aromatic carbocycles. The average Bonchev–Trinajstić information content (AvgIpc) is 1.94. The molecule has 0 saturated heterocycles. The number of rotatable bonds is 0. The first kappa shape index (κ1) is 45.1. The second-order valence-corrected chi connectivity index (χ2v) is 7.40. The fourth-order valence-electron chi connectivity index (χ4n) is 0. The van der Waals surface area contributed by atoms with E-state index in [-0.39, 0.29) is 37.1 Å². The van der Waals surface area contributed by atoms with E-state index in [2.05, 4.69) is 0 Å². The van der Waals surface area contributed by atoms with Crippen molar-refractivity contribution >= 4 is 0 Å². The fourth-order valence-corrected chi connectivity index (χ4v) is 0. The van der Waals surface area contributed by atoms with Crippen LogP contribution in [0.5, 0.6) is 0 Å². The maximum atomic E-state index is 8.61. The summed E-state index contributed by atoms with van der Waals surface area (Å²) in [4.78, 5) is 0. The molecule has 0 aliphatic carbocycles. The van der Waals surface area contributed by atoms with Crippen molar-refractivity contribution < 1.29 is 196 Å². The third-order valence-electron chi connectivity index (χ3n) is 0. The number of hydrogen-bond donors (Lipinski definition) is 0. The van der Waals surface area contributed by atoms with E-state index in [0.717, 1.165) is 0 Å². The first-order chi connectivity index (χ1) is 8.66. The van der Waals surface area contributed by atoms with Crippen molar-refractivity contribution in [1.29, 1.82) is 0 Å². The fraction of sp³-hybridized carbons (Fsp3) is 0. The van der Waals surface area contributed by atoms with E-state index in [1.807, 2.05) is 0 Å². The Hall–Kier alpha value is 4.18.